The number of rotatable bonds is 4. The molecule has 6 aliphatic rings. The van der Waals surface area contributed by atoms with Crippen LogP contribution in [0.4, 0.5) is 0 Å². The summed E-state index contributed by atoms with van der Waals surface area (Å²) in [7, 11) is 0. The van der Waals surface area contributed by atoms with Gasteiger partial charge in [0.05, 0.1) is 18.1 Å². The molecular formula is C37H60O8. The highest BCUT2D eigenvalue weighted by Gasteiger charge is 2.70. The zero-order chi connectivity index (χ0) is 33.1. The van der Waals surface area contributed by atoms with E-state index in [0.29, 0.717) is 11.8 Å². The lowest BCUT2D eigenvalue weighted by molar-refractivity contribution is -0.267. The Balaban J connectivity index is 1.31. The molecular weight excluding hydrogens is 572 g/mol. The van der Waals surface area contributed by atoms with Crippen molar-refractivity contribution in [2.45, 2.75) is 149 Å². The second-order valence-electron chi connectivity index (χ2n) is 18.4. The molecule has 1 saturated heterocycles. The van der Waals surface area contributed by atoms with E-state index in [1.165, 1.54) is 5.57 Å². The summed E-state index contributed by atoms with van der Waals surface area (Å²) < 4.78 is 5.85. The fourth-order valence-corrected chi connectivity index (χ4v) is 12.9. The molecule has 6 rings (SSSR count). The molecule has 4 saturated carbocycles. The van der Waals surface area contributed by atoms with Crippen molar-refractivity contribution in [2.24, 2.45) is 56.2 Å². The molecule has 0 amide bonds. The van der Waals surface area contributed by atoms with Crippen LogP contribution in [0.3, 0.4) is 0 Å². The van der Waals surface area contributed by atoms with Crippen LogP contribution in [0.15, 0.2) is 11.6 Å². The van der Waals surface area contributed by atoms with E-state index in [1.807, 2.05) is 0 Å². The Morgan fingerprint density at radius 1 is 0.889 bits per heavy atom. The van der Waals surface area contributed by atoms with Gasteiger partial charge in [0.15, 0.2) is 0 Å². The highest BCUT2D eigenvalue weighted by molar-refractivity contribution is 5.76. The predicted molar refractivity (Wildman–Crippen MR) is 170 cm³/mol. The summed E-state index contributed by atoms with van der Waals surface area (Å²) >= 11 is 0. The number of carboxylic acids is 1. The molecule has 5 fully saturated rings. The van der Waals surface area contributed by atoms with Crippen molar-refractivity contribution in [3.05, 3.63) is 11.6 Å². The highest BCUT2D eigenvalue weighted by Crippen LogP contribution is 2.76. The van der Waals surface area contributed by atoms with Gasteiger partial charge in [0.25, 0.3) is 0 Å². The Morgan fingerprint density at radius 2 is 1.56 bits per heavy atom. The molecule has 14 atom stereocenters. The van der Waals surface area contributed by atoms with Gasteiger partial charge in [0, 0.05) is 0 Å². The Labute approximate surface area is 269 Å². The first kappa shape index (κ1) is 33.9. The van der Waals surface area contributed by atoms with Crippen molar-refractivity contribution >= 4 is 5.97 Å². The number of fused-ring (bicyclic) bond motifs is 7. The van der Waals surface area contributed by atoms with Crippen molar-refractivity contribution in [1.82, 2.24) is 0 Å². The third kappa shape index (κ3) is 4.55. The Kier molecular flexibility index (Phi) is 8.08. The van der Waals surface area contributed by atoms with Crippen LogP contribution in [0.25, 0.3) is 0 Å². The van der Waals surface area contributed by atoms with Crippen molar-refractivity contribution in [1.29, 1.82) is 0 Å². The fourth-order valence-electron chi connectivity index (χ4n) is 12.9. The summed E-state index contributed by atoms with van der Waals surface area (Å²) in [6.45, 7) is 16.0. The van der Waals surface area contributed by atoms with E-state index in [0.717, 1.165) is 64.2 Å². The van der Waals surface area contributed by atoms with Crippen molar-refractivity contribution in [3.8, 4) is 0 Å². The van der Waals surface area contributed by atoms with Gasteiger partial charge < -0.3 is 35.4 Å². The van der Waals surface area contributed by atoms with Crippen LogP contribution in [0.5, 0.6) is 0 Å². The summed E-state index contributed by atoms with van der Waals surface area (Å²) in [5, 5.41) is 63.8. The number of hydrogen-bond acceptors (Lipinski definition) is 7. The first-order chi connectivity index (χ1) is 20.8. The topological polar surface area (TPSA) is 148 Å². The minimum atomic E-state index is -1.50. The minimum absolute atomic E-state index is 0.0142. The number of aliphatic hydroxyl groups is 5. The SMILES string of the molecule is CC1(C)CC[C@]2(C(=O)O)CC[C@]3(C)C(=CCC4[C@@]5(C)CC[C@H]([C@H](O)[C@@H]6OC(CO)[C@@H](O)C(O)[C@@H]6O)C(C)(C)C5CC[C@]43C)C2C1. The summed E-state index contributed by atoms with van der Waals surface area (Å²) in [5.41, 5.74) is 0.609. The summed E-state index contributed by atoms with van der Waals surface area (Å²) in [6.07, 6.45) is 3.91. The van der Waals surface area contributed by atoms with E-state index >= 15 is 0 Å². The summed E-state index contributed by atoms with van der Waals surface area (Å²) in [6, 6.07) is 0. The molecule has 5 unspecified atom stereocenters. The van der Waals surface area contributed by atoms with Crippen molar-refractivity contribution < 1.29 is 40.2 Å². The number of ether oxygens (including phenoxy) is 1. The van der Waals surface area contributed by atoms with E-state index in [2.05, 4.69) is 54.5 Å². The van der Waals surface area contributed by atoms with E-state index in [9.17, 15) is 35.4 Å². The molecule has 5 aliphatic carbocycles. The van der Waals surface area contributed by atoms with Crippen LogP contribution in [0, 0.1) is 56.2 Å². The molecule has 0 aromatic heterocycles. The Bertz CT molecular complexity index is 1210. The molecule has 8 heteroatoms. The number of aliphatic hydroxyl groups excluding tert-OH is 5. The summed E-state index contributed by atoms with van der Waals surface area (Å²) in [4.78, 5) is 13.0. The van der Waals surface area contributed by atoms with Gasteiger partial charge in [-0.05, 0) is 115 Å². The average Bonchev–Trinajstić information content (AvgIpc) is 2.95. The molecule has 0 spiro atoms. The first-order valence-electron chi connectivity index (χ1n) is 17.7. The zero-order valence-corrected chi connectivity index (χ0v) is 28.6. The zero-order valence-electron chi connectivity index (χ0n) is 28.6. The third-order valence-electron chi connectivity index (χ3n) is 15.9. The molecule has 0 radical (unpaired) electrons. The van der Waals surface area contributed by atoms with E-state index in [4.69, 9.17) is 4.74 Å². The largest absolute Gasteiger partial charge is 0.481 e. The number of carboxylic acid groups (broad SMARTS) is 1. The van der Waals surface area contributed by atoms with Gasteiger partial charge in [-0.2, -0.15) is 0 Å². The lowest BCUT2D eigenvalue weighted by Crippen LogP contribution is -2.67. The maximum atomic E-state index is 13.0. The molecule has 8 nitrogen and oxygen atoms in total. The van der Waals surface area contributed by atoms with Gasteiger partial charge >= 0.3 is 5.97 Å². The molecule has 0 aromatic rings. The lowest BCUT2D eigenvalue weighted by atomic mass is 9.33. The molecule has 45 heavy (non-hydrogen) atoms. The number of allylic oxidation sites excluding steroid dienone is 2. The van der Waals surface area contributed by atoms with Crippen LogP contribution in [-0.2, 0) is 9.53 Å². The second kappa shape index (κ2) is 10.7. The first-order valence-corrected chi connectivity index (χ1v) is 17.7. The Hall–Kier alpha value is -1.03. The van der Waals surface area contributed by atoms with Gasteiger partial charge in [-0.15, -0.1) is 0 Å². The van der Waals surface area contributed by atoms with Crippen LogP contribution in [0.2, 0.25) is 0 Å². The van der Waals surface area contributed by atoms with Crippen LogP contribution in [0.1, 0.15) is 113 Å². The monoisotopic (exact) mass is 632 g/mol. The molecule has 6 N–H and O–H groups in total. The third-order valence-corrected chi connectivity index (χ3v) is 15.9. The van der Waals surface area contributed by atoms with Crippen molar-refractivity contribution in [2.75, 3.05) is 6.61 Å². The molecule has 1 aliphatic heterocycles. The average molecular weight is 633 g/mol. The van der Waals surface area contributed by atoms with Gasteiger partial charge in [-0.25, -0.2) is 0 Å². The summed E-state index contributed by atoms with van der Waals surface area (Å²) in [5.74, 6) is 0.0295. The second-order valence-corrected chi connectivity index (χ2v) is 18.4. The van der Waals surface area contributed by atoms with Gasteiger partial charge in [0.2, 0.25) is 0 Å². The Morgan fingerprint density at radius 3 is 2.20 bits per heavy atom. The maximum Gasteiger partial charge on any atom is 0.310 e. The smallest absolute Gasteiger partial charge is 0.310 e. The number of aliphatic carboxylic acids is 1. The van der Waals surface area contributed by atoms with Gasteiger partial charge in [-0.1, -0.05) is 60.1 Å². The van der Waals surface area contributed by atoms with Crippen molar-refractivity contribution in [3.63, 3.8) is 0 Å². The number of carbonyl (C=O) groups is 1. The standard InChI is InChI=1S/C37H60O8/c1-32(2)14-16-37(31(43)44)17-15-35(6)20(22(37)18-32)8-9-25-34(5)12-10-21(33(3,4)24(34)11-13-36(25,35)7)26(39)30-29(42)28(41)27(40)23(19-38)45-30/h8,21-30,38-42H,9-19H2,1-7H3,(H,43,44)/t21-,22?,23?,24?,25?,26+,27-,28?,29+,30+,34+,35-,36-,37+/m1/s1. The molecule has 256 valence electrons. The number of hydrogen-bond donors (Lipinski definition) is 6. The van der Waals surface area contributed by atoms with Gasteiger partial charge in [-0.3, -0.25) is 4.79 Å². The normalized spacial score (nSPS) is 52.7. The van der Waals surface area contributed by atoms with Crippen LogP contribution < -0.4 is 0 Å². The lowest BCUT2D eigenvalue weighted by Gasteiger charge is -2.71. The molecule has 0 bridgehead atoms. The fraction of sp³-hybridized carbons (Fsp3) is 0.919. The quantitative estimate of drug-likeness (QED) is 0.245. The van der Waals surface area contributed by atoms with E-state index in [1.54, 1.807) is 0 Å². The predicted octanol–water partition coefficient (Wildman–Crippen LogP) is 4.69. The van der Waals surface area contributed by atoms with Crippen LogP contribution in [-0.4, -0.2) is 79.8 Å². The molecule has 0 aromatic carbocycles. The molecule has 1 heterocycles. The maximum absolute atomic E-state index is 13.0. The van der Waals surface area contributed by atoms with Gasteiger partial charge in [0.1, 0.15) is 30.5 Å². The highest BCUT2D eigenvalue weighted by atomic mass is 16.6. The van der Waals surface area contributed by atoms with E-state index < -0.39 is 54.6 Å². The van der Waals surface area contributed by atoms with E-state index in [-0.39, 0.29) is 38.9 Å². The van der Waals surface area contributed by atoms with Crippen LogP contribution >= 0.6 is 0 Å². The minimum Gasteiger partial charge on any atom is -0.481 e.